The molecule has 0 atom stereocenters. The predicted octanol–water partition coefficient (Wildman–Crippen LogP) is 3.63. The Morgan fingerprint density at radius 1 is 1.09 bits per heavy atom. The molecule has 166 valence electrons. The van der Waals surface area contributed by atoms with Crippen molar-refractivity contribution in [2.45, 2.75) is 11.5 Å². The number of methoxy groups -OCH3 is 1. The first-order valence-electron chi connectivity index (χ1n) is 9.14. The van der Waals surface area contributed by atoms with E-state index in [2.05, 4.69) is 5.10 Å². The van der Waals surface area contributed by atoms with Crippen molar-refractivity contribution in [2.75, 3.05) is 7.11 Å². The van der Waals surface area contributed by atoms with E-state index in [4.69, 9.17) is 9.47 Å². The second-order valence-corrected chi connectivity index (χ2v) is 8.06. The molecule has 0 aliphatic heterocycles. The minimum atomic E-state index is -4.10. The Labute approximate surface area is 183 Å². The van der Waals surface area contributed by atoms with Gasteiger partial charge in [-0.15, -0.1) is 0 Å². The number of benzene rings is 3. The summed E-state index contributed by atoms with van der Waals surface area (Å²) in [6, 6.07) is 15.6. The molecule has 3 aromatic carbocycles. The van der Waals surface area contributed by atoms with Gasteiger partial charge in [0.05, 0.1) is 23.1 Å². The van der Waals surface area contributed by atoms with Crippen LogP contribution >= 0.6 is 0 Å². The summed E-state index contributed by atoms with van der Waals surface area (Å²) in [4.78, 5) is 11.8. The van der Waals surface area contributed by atoms with Crippen LogP contribution in [0.5, 0.6) is 11.5 Å². The molecule has 0 saturated carbocycles. The highest BCUT2D eigenvalue weighted by atomic mass is 32.2. The van der Waals surface area contributed by atoms with Crippen LogP contribution in [0.1, 0.15) is 11.1 Å². The van der Waals surface area contributed by atoms with Crippen molar-refractivity contribution in [2.24, 2.45) is 5.10 Å². The van der Waals surface area contributed by atoms with E-state index in [1.54, 1.807) is 36.4 Å². The summed E-state index contributed by atoms with van der Waals surface area (Å²) < 4.78 is 49.2. The number of halogens is 1. The Balaban J connectivity index is 1.70. The second kappa shape index (κ2) is 9.88. The highest BCUT2D eigenvalue weighted by molar-refractivity contribution is 7.89. The topological polar surface area (TPSA) is 120 Å². The number of sulfonamides is 1. The van der Waals surface area contributed by atoms with Crippen molar-refractivity contribution in [3.05, 3.63) is 93.8 Å². The van der Waals surface area contributed by atoms with Gasteiger partial charge in [-0.3, -0.25) is 10.1 Å². The zero-order valence-electron chi connectivity index (χ0n) is 16.8. The summed E-state index contributed by atoms with van der Waals surface area (Å²) in [5, 5.41) is 14.5. The minimum absolute atomic E-state index is 0.000515. The summed E-state index contributed by atoms with van der Waals surface area (Å²) in [6.07, 6.45) is 1.23. The predicted molar refractivity (Wildman–Crippen MR) is 115 cm³/mol. The van der Waals surface area contributed by atoms with Gasteiger partial charge in [-0.2, -0.15) is 13.5 Å². The molecule has 0 aliphatic carbocycles. The van der Waals surface area contributed by atoms with Gasteiger partial charge in [0, 0.05) is 17.7 Å². The maximum atomic E-state index is 13.7. The number of nitro groups is 1. The fourth-order valence-corrected chi connectivity index (χ4v) is 3.47. The zero-order valence-corrected chi connectivity index (χ0v) is 17.6. The van der Waals surface area contributed by atoms with E-state index < -0.39 is 14.9 Å². The molecule has 0 fully saturated rings. The lowest BCUT2D eigenvalue weighted by Gasteiger charge is -2.11. The van der Waals surface area contributed by atoms with Crippen molar-refractivity contribution in [1.29, 1.82) is 0 Å². The fraction of sp³-hybridized carbons (Fsp3) is 0.0952. The third-order valence-corrected chi connectivity index (χ3v) is 5.47. The molecule has 0 bridgehead atoms. The average molecular weight is 459 g/mol. The van der Waals surface area contributed by atoms with E-state index in [9.17, 15) is 22.9 Å². The molecule has 9 nitrogen and oxygen atoms in total. The summed E-state index contributed by atoms with van der Waals surface area (Å²) in [5.74, 6) is 0.322. The molecule has 3 rings (SSSR count). The van der Waals surface area contributed by atoms with Crippen LogP contribution in [0.3, 0.4) is 0 Å². The van der Waals surface area contributed by atoms with Crippen LogP contribution in [0.25, 0.3) is 0 Å². The highest BCUT2D eigenvalue weighted by Crippen LogP contribution is 2.28. The Bertz CT molecular complexity index is 1260. The van der Waals surface area contributed by atoms with Gasteiger partial charge in [-0.05, 0) is 35.9 Å². The van der Waals surface area contributed by atoms with Crippen LogP contribution in [-0.4, -0.2) is 26.7 Å². The van der Waals surface area contributed by atoms with Gasteiger partial charge < -0.3 is 9.47 Å². The number of nitrogens with zero attached hydrogens (tertiary/aromatic N) is 2. The number of non-ortho nitro benzene ring substituents is 1. The van der Waals surface area contributed by atoms with Gasteiger partial charge in [0.15, 0.2) is 11.5 Å². The minimum Gasteiger partial charge on any atom is -0.493 e. The van der Waals surface area contributed by atoms with E-state index in [1.165, 1.54) is 37.6 Å². The number of nitrogens with one attached hydrogen (secondary N) is 1. The zero-order chi connectivity index (χ0) is 23.1. The number of nitro benzene ring substituents is 1. The Hall–Kier alpha value is -3.99. The number of hydrazone groups is 1. The van der Waals surface area contributed by atoms with Crippen molar-refractivity contribution in [3.8, 4) is 11.5 Å². The standard InChI is InChI=1S/C21H18FN3O6S/c1-30-21-11-15(9-10-20(21)31-14-16-5-2-3-8-19(16)22)13-23-24-32(28,29)18-7-4-6-17(12-18)25(26)27/h2-13,24H,14H2,1H3/b23-13+. The van der Waals surface area contributed by atoms with E-state index in [1.807, 2.05) is 4.83 Å². The molecule has 0 unspecified atom stereocenters. The quantitative estimate of drug-likeness (QED) is 0.296. The van der Waals surface area contributed by atoms with Crippen molar-refractivity contribution in [1.82, 2.24) is 4.83 Å². The van der Waals surface area contributed by atoms with Gasteiger partial charge in [-0.1, -0.05) is 24.3 Å². The molecular weight excluding hydrogens is 441 g/mol. The molecule has 0 radical (unpaired) electrons. The fourth-order valence-electron chi connectivity index (χ4n) is 2.64. The van der Waals surface area contributed by atoms with Gasteiger partial charge in [0.1, 0.15) is 12.4 Å². The maximum absolute atomic E-state index is 13.7. The molecular formula is C21H18FN3O6S. The second-order valence-electron chi connectivity index (χ2n) is 6.40. The van der Waals surface area contributed by atoms with Crippen LogP contribution < -0.4 is 14.3 Å². The first-order valence-corrected chi connectivity index (χ1v) is 10.6. The van der Waals surface area contributed by atoms with Gasteiger partial charge in [0.2, 0.25) is 0 Å². The third-order valence-electron chi connectivity index (χ3n) is 4.25. The molecule has 0 aliphatic rings. The first-order chi connectivity index (χ1) is 15.3. The molecule has 0 spiro atoms. The molecule has 0 aromatic heterocycles. The normalized spacial score (nSPS) is 11.3. The van der Waals surface area contributed by atoms with Crippen LogP contribution in [0.4, 0.5) is 10.1 Å². The molecule has 32 heavy (non-hydrogen) atoms. The van der Waals surface area contributed by atoms with Crippen LogP contribution in [0.2, 0.25) is 0 Å². The summed E-state index contributed by atoms with van der Waals surface area (Å²) in [7, 11) is -2.67. The Kier molecular flexibility index (Phi) is 7.00. The van der Waals surface area contributed by atoms with Crippen LogP contribution in [0, 0.1) is 15.9 Å². The monoisotopic (exact) mass is 459 g/mol. The first kappa shape index (κ1) is 22.7. The lowest BCUT2D eigenvalue weighted by molar-refractivity contribution is -0.385. The van der Waals surface area contributed by atoms with E-state index in [0.29, 0.717) is 22.6 Å². The molecule has 0 saturated heterocycles. The Morgan fingerprint density at radius 2 is 1.88 bits per heavy atom. The van der Waals surface area contributed by atoms with E-state index in [-0.39, 0.29) is 23.0 Å². The number of hydrogen-bond acceptors (Lipinski definition) is 7. The summed E-state index contributed by atoms with van der Waals surface area (Å²) in [5.41, 5.74) is 0.519. The molecule has 11 heteroatoms. The molecule has 3 aromatic rings. The van der Waals surface area contributed by atoms with Gasteiger partial charge >= 0.3 is 0 Å². The number of ether oxygens (including phenoxy) is 2. The van der Waals surface area contributed by atoms with Crippen LogP contribution in [-0.2, 0) is 16.6 Å². The maximum Gasteiger partial charge on any atom is 0.276 e. The third kappa shape index (κ3) is 5.58. The average Bonchev–Trinajstić information content (AvgIpc) is 2.79. The SMILES string of the molecule is COc1cc(/C=N/NS(=O)(=O)c2cccc([N+](=O)[O-])c2)ccc1OCc1ccccc1F. The number of hydrogen-bond donors (Lipinski definition) is 1. The smallest absolute Gasteiger partial charge is 0.276 e. The number of rotatable bonds is 9. The molecule has 0 heterocycles. The van der Waals surface area contributed by atoms with E-state index in [0.717, 1.165) is 6.07 Å². The van der Waals surface area contributed by atoms with Gasteiger partial charge in [0.25, 0.3) is 15.7 Å². The van der Waals surface area contributed by atoms with Gasteiger partial charge in [-0.25, -0.2) is 9.22 Å². The highest BCUT2D eigenvalue weighted by Gasteiger charge is 2.16. The van der Waals surface area contributed by atoms with Crippen molar-refractivity contribution >= 4 is 21.9 Å². The van der Waals surface area contributed by atoms with E-state index >= 15 is 0 Å². The molecule has 1 N–H and O–H groups in total. The molecule has 0 amide bonds. The summed E-state index contributed by atoms with van der Waals surface area (Å²) >= 11 is 0. The van der Waals surface area contributed by atoms with Crippen LogP contribution in [0.15, 0.2) is 76.7 Å². The largest absolute Gasteiger partial charge is 0.493 e. The lowest BCUT2D eigenvalue weighted by atomic mass is 10.2. The lowest BCUT2D eigenvalue weighted by Crippen LogP contribution is -2.18. The van der Waals surface area contributed by atoms with Crippen molar-refractivity contribution < 1.29 is 27.2 Å². The summed E-state index contributed by atoms with van der Waals surface area (Å²) in [6.45, 7) is -0.000515. The Morgan fingerprint density at radius 3 is 2.59 bits per heavy atom. The van der Waals surface area contributed by atoms with Crippen molar-refractivity contribution in [3.63, 3.8) is 0 Å².